The van der Waals surface area contributed by atoms with Crippen molar-refractivity contribution in [3.8, 4) is 0 Å². The van der Waals surface area contributed by atoms with Gasteiger partial charge in [-0.1, -0.05) is 13.8 Å². The molecule has 0 spiro atoms. The van der Waals surface area contributed by atoms with Crippen LogP contribution in [0.4, 0.5) is 0 Å². The van der Waals surface area contributed by atoms with Gasteiger partial charge in [0.25, 0.3) is 0 Å². The Hall–Kier alpha value is 0.0700. The standard InChI is InChI=1S/C7H17NO2S/c1-3-8-5-7(9)6-11(10)4-2/h7-9H,3-6H2,1-2H3. The van der Waals surface area contributed by atoms with Gasteiger partial charge in [-0.3, -0.25) is 4.21 Å². The topological polar surface area (TPSA) is 49.3 Å². The van der Waals surface area contributed by atoms with Crippen molar-refractivity contribution in [2.75, 3.05) is 24.6 Å². The molecule has 0 aromatic rings. The van der Waals surface area contributed by atoms with Crippen LogP contribution in [0.3, 0.4) is 0 Å². The van der Waals surface area contributed by atoms with Crippen LogP contribution in [0.2, 0.25) is 0 Å². The number of hydrogen-bond donors (Lipinski definition) is 2. The van der Waals surface area contributed by atoms with Gasteiger partial charge in [-0.15, -0.1) is 0 Å². The van der Waals surface area contributed by atoms with E-state index in [1.807, 2.05) is 13.8 Å². The van der Waals surface area contributed by atoms with Crippen LogP contribution in [-0.4, -0.2) is 40.0 Å². The van der Waals surface area contributed by atoms with Gasteiger partial charge in [0, 0.05) is 23.1 Å². The van der Waals surface area contributed by atoms with Crippen LogP contribution >= 0.6 is 0 Å². The molecule has 0 radical (unpaired) electrons. The fourth-order valence-electron chi connectivity index (χ4n) is 0.702. The lowest BCUT2D eigenvalue weighted by atomic mass is 10.4. The molecule has 3 nitrogen and oxygen atoms in total. The van der Waals surface area contributed by atoms with Gasteiger partial charge in [-0.05, 0) is 6.54 Å². The third kappa shape index (κ3) is 6.47. The molecule has 0 bridgehead atoms. The molecular weight excluding hydrogens is 162 g/mol. The maximum atomic E-state index is 10.9. The van der Waals surface area contributed by atoms with Crippen molar-refractivity contribution in [1.29, 1.82) is 0 Å². The molecule has 68 valence electrons. The fraction of sp³-hybridized carbons (Fsp3) is 1.00. The molecule has 11 heavy (non-hydrogen) atoms. The van der Waals surface area contributed by atoms with Crippen LogP contribution in [-0.2, 0) is 10.8 Å². The molecule has 0 fully saturated rings. The molecule has 0 aromatic heterocycles. The van der Waals surface area contributed by atoms with Crippen molar-refractivity contribution in [2.24, 2.45) is 0 Å². The van der Waals surface area contributed by atoms with Crippen LogP contribution in [0.1, 0.15) is 13.8 Å². The molecule has 4 heteroatoms. The molecule has 0 saturated heterocycles. The van der Waals surface area contributed by atoms with Crippen LogP contribution in [0.25, 0.3) is 0 Å². The van der Waals surface area contributed by atoms with Gasteiger partial charge < -0.3 is 10.4 Å². The third-order valence-corrected chi connectivity index (χ3v) is 2.73. The first-order chi connectivity index (χ1) is 5.20. The molecule has 0 aliphatic heterocycles. The second-order valence-electron chi connectivity index (χ2n) is 2.36. The largest absolute Gasteiger partial charge is 0.391 e. The van der Waals surface area contributed by atoms with E-state index in [0.29, 0.717) is 18.1 Å². The number of likely N-dealkylation sites (N-methyl/N-ethyl adjacent to an activating group) is 1. The Morgan fingerprint density at radius 2 is 2.18 bits per heavy atom. The van der Waals surface area contributed by atoms with Crippen molar-refractivity contribution in [3.05, 3.63) is 0 Å². The number of nitrogens with one attached hydrogen (secondary N) is 1. The minimum absolute atomic E-state index is 0.392. The number of hydrogen-bond acceptors (Lipinski definition) is 3. The van der Waals surface area contributed by atoms with Crippen LogP contribution < -0.4 is 5.32 Å². The van der Waals surface area contributed by atoms with Crippen molar-refractivity contribution >= 4 is 10.8 Å². The van der Waals surface area contributed by atoms with E-state index in [4.69, 9.17) is 0 Å². The summed E-state index contributed by atoms with van der Waals surface area (Å²) in [4.78, 5) is 0. The van der Waals surface area contributed by atoms with E-state index in [2.05, 4.69) is 5.32 Å². The Bertz CT molecular complexity index is 119. The lowest BCUT2D eigenvalue weighted by Gasteiger charge is -2.08. The monoisotopic (exact) mass is 179 g/mol. The smallest absolute Gasteiger partial charge is 0.0779 e. The first kappa shape index (κ1) is 11.1. The van der Waals surface area contributed by atoms with Crippen LogP contribution in [0, 0.1) is 0 Å². The molecule has 2 unspecified atom stereocenters. The summed E-state index contributed by atoms with van der Waals surface area (Å²) in [5.74, 6) is 1.02. The van der Waals surface area contributed by atoms with Gasteiger partial charge >= 0.3 is 0 Å². The quantitative estimate of drug-likeness (QED) is 0.590. The highest BCUT2D eigenvalue weighted by Gasteiger charge is 2.06. The SMILES string of the molecule is CCNCC(O)CS(=O)CC. The predicted molar refractivity (Wildman–Crippen MR) is 48.1 cm³/mol. The molecule has 0 rings (SSSR count). The molecule has 0 heterocycles. The van der Waals surface area contributed by atoms with E-state index in [9.17, 15) is 9.32 Å². The lowest BCUT2D eigenvalue weighted by molar-refractivity contribution is 0.196. The number of aliphatic hydroxyl groups is 1. The summed E-state index contributed by atoms with van der Waals surface area (Å²) in [5, 5.41) is 12.2. The summed E-state index contributed by atoms with van der Waals surface area (Å²) in [6.07, 6.45) is -0.462. The van der Waals surface area contributed by atoms with Gasteiger partial charge in [-0.2, -0.15) is 0 Å². The average Bonchev–Trinajstić information content (AvgIpc) is 2.00. The van der Waals surface area contributed by atoms with Crippen molar-refractivity contribution in [3.63, 3.8) is 0 Å². The van der Waals surface area contributed by atoms with E-state index < -0.39 is 16.9 Å². The van der Waals surface area contributed by atoms with Crippen LogP contribution in [0.15, 0.2) is 0 Å². The first-order valence-electron chi connectivity index (χ1n) is 3.94. The summed E-state index contributed by atoms with van der Waals surface area (Å²) >= 11 is 0. The van der Waals surface area contributed by atoms with Crippen molar-refractivity contribution < 1.29 is 9.32 Å². The summed E-state index contributed by atoms with van der Waals surface area (Å²) in [6, 6.07) is 0. The molecule has 2 N–H and O–H groups in total. The minimum atomic E-state index is -0.851. The Morgan fingerprint density at radius 1 is 1.55 bits per heavy atom. The minimum Gasteiger partial charge on any atom is -0.391 e. The van der Waals surface area contributed by atoms with E-state index in [0.717, 1.165) is 6.54 Å². The first-order valence-corrected chi connectivity index (χ1v) is 5.43. The Kier molecular flexibility index (Phi) is 6.80. The number of aliphatic hydroxyl groups excluding tert-OH is 1. The molecule has 2 atom stereocenters. The summed E-state index contributed by atoms with van der Waals surface area (Å²) in [5.41, 5.74) is 0. The molecule has 0 aliphatic carbocycles. The van der Waals surface area contributed by atoms with Gasteiger partial charge in [0.15, 0.2) is 0 Å². The highest BCUT2D eigenvalue weighted by atomic mass is 32.2. The van der Waals surface area contributed by atoms with Gasteiger partial charge in [0.1, 0.15) is 0 Å². The van der Waals surface area contributed by atoms with Gasteiger partial charge in [0.2, 0.25) is 0 Å². The Morgan fingerprint density at radius 3 is 2.64 bits per heavy atom. The van der Waals surface area contributed by atoms with Crippen molar-refractivity contribution in [2.45, 2.75) is 20.0 Å². The lowest BCUT2D eigenvalue weighted by Crippen LogP contribution is -2.31. The fourth-order valence-corrected chi connectivity index (χ4v) is 1.49. The predicted octanol–water partition coefficient (Wildman–Crippen LogP) is -0.275. The molecule has 0 saturated carbocycles. The third-order valence-electron chi connectivity index (χ3n) is 1.33. The van der Waals surface area contributed by atoms with E-state index >= 15 is 0 Å². The van der Waals surface area contributed by atoms with Gasteiger partial charge in [0.05, 0.1) is 11.9 Å². The van der Waals surface area contributed by atoms with Gasteiger partial charge in [-0.25, -0.2) is 0 Å². The average molecular weight is 179 g/mol. The summed E-state index contributed by atoms with van der Waals surface area (Å²) in [6.45, 7) is 5.22. The van der Waals surface area contributed by atoms with Crippen molar-refractivity contribution in [1.82, 2.24) is 5.32 Å². The Labute approximate surface area is 70.6 Å². The van der Waals surface area contributed by atoms with E-state index in [1.165, 1.54) is 0 Å². The zero-order chi connectivity index (χ0) is 8.69. The maximum Gasteiger partial charge on any atom is 0.0779 e. The van der Waals surface area contributed by atoms with E-state index in [1.54, 1.807) is 0 Å². The normalized spacial score (nSPS) is 16.3. The Balaban J connectivity index is 3.35. The van der Waals surface area contributed by atoms with Crippen LogP contribution in [0.5, 0.6) is 0 Å². The summed E-state index contributed by atoms with van der Waals surface area (Å²) in [7, 11) is -0.851. The molecule has 0 aromatic carbocycles. The maximum absolute atomic E-state index is 10.9. The number of rotatable bonds is 6. The molecule has 0 aliphatic rings. The summed E-state index contributed by atoms with van der Waals surface area (Å²) < 4.78 is 10.9. The zero-order valence-corrected chi connectivity index (χ0v) is 7.99. The second kappa shape index (κ2) is 6.76. The zero-order valence-electron chi connectivity index (χ0n) is 7.17. The highest BCUT2D eigenvalue weighted by Crippen LogP contribution is 1.87. The molecule has 0 amide bonds. The molecular formula is C7H17NO2S. The highest BCUT2D eigenvalue weighted by molar-refractivity contribution is 7.84. The van der Waals surface area contributed by atoms with E-state index in [-0.39, 0.29) is 0 Å². The second-order valence-corrected chi connectivity index (χ2v) is 4.15.